The molecule has 0 atom stereocenters. The monoisotopic (exact) mass is 205 g/mol. The summed E-state index contributed by atoms with van der Waals surface area (Å²) in [5, 5.41) is 8.97. The van der Waals surface area contributed by atoms with Gasteiger partial charge in [0.05, 0.1) is 12.1 Å². The maximum Gasteiger partial charge on any atom is 0.356 e. The second kappa shape index (κ2) is 3.36. The quantitative estimate of drug-likeness (QED) is 0.759. The van der Waals surface area contributed by atoms with Gasteiger partial charge < -0.3 is 15.2 Å². The van der Waals surface area contributed by atoms with Crippen LogP contribution in [-0.2, 0) is 6.54 Å². The Hall–Kier alpha value is -1.88. The number of nitrogens with zero attached hydrogens (tertiary/aromatic N) is 2. The van der Waals surface area contributed by atoms with Crippen LogP contribution in [0.1, 0.15) is 21.9 Å². The van der Waals surface area contributed by atoms with E-state index < -0.39 is 5.97 Å². The lowest BCUT2D eigenvalue weighted by atomic mass is 10.2. The summed E-state index contributed by atoms with van der Waals surface area (Å²) >= 11 is 0. The molecule has 5 heteroatoms. The van der Waals surface area contributed by atoms with Crippen molar-refractivity contribution >= 4 is 11.5 Å². The lowest BCUT2D eigenvalue weighted by Gasteiger charge is -1.98. The van der Waals surface area contributed by atoms with E-state index in [-0.39, 0.29) is 12.2 Å². The molecule has 0 aliphatic carbocycles. The number of aryl methyl sites for hydroxylation is 1. The van der Waals surface area contributed by atoms with E-state index in [9.17, 15) is 4.79 Å². The van der Waals surface area contributed by atoms with Gasteiger partial charge in [0.25, 0.3) is 0 Å². The number of hydrogen-bond donors (Lipinski definition) is 2. The van der Waals surface area contributed by atoms with Crippen LogP contribution in [0.2, 0.25) is 0 Å². The van der Waals surface area contributed by atoms with E-state index >= 15 is 0 Å². The fourth-order valence-electron chi connectivity index (χ4n) is 1.55. The maximum atomic E-state index is 10.9. The summed E-state index contributed by atoms with van der Waals surface area (Å²) in [6.07, 6.45) is 1.78. The first-order valence-electron chi connectivity index (χ1n) is 4.54. The lowest BCUT2D eigenvalue weighted by molar-refractivity contribution is 0.0693. The van der Waals surface area contributed by atoms with Gasteiger partial charge in [-0.3, -0.25) is 0 Å². The SMILES string of the molecule is Cc1ccn2c(CN)nc(C(=O)O)c2c1. The van der Waals surface area contributed by atoms with Gasteiger partial charge in [-0.2, -0.15) is 0 Å². The van der Waals surface area contributed by atoms with Crippen molar-refractivity contribution in [3.63, 3.8) is 0 Å². The molecule has 0 aliphatic rings. The molecule has 0 aliphatic heterocycles. The van der Waals surface area contributed by atoms with Gasteiger partial charge in [0, 0.05) is 6.20 Å². The van der Waals surface area contributed by atoms with E-state index in [1.165, 1.54) is 0 Å². The van der Waals surface area contributed by atoms with E-state index in [1.807, 2.05) is 13.0 Å². The summed E-state index contributed by atoms with van der Waals surface area (Å²) < 4.78 is 1.70. The Morgan fingerprint density at radius 1 is 1.67 bits per heavy atom. The zero-order valence-electron chi connectivity index (χ0n) is 8.27. The highest BCUT2D eigenvalue weighted by molar-refractivity contribution is 5.93. The Morgan fingerprint density at radius 3 is 3.00 bits per heavy atom. The lowest BCUT2D eigenvalue weighted by Crippen LogP contribution is -2.02. The van der Waals surface area contributed by atoms with Crippen LogP contribution in [0.15, 0.2) is 18.3 Å². The third-order valence-electron chi connectivity index (χ3n) is 2.26. The molecule has 0 fully saturated rings. The second-order valence-corrected chi connectivity index (χ2v) is 3.35. The number of aromatic nitrogens is 2. The Balaban J connectivity index is 2.81. The van der Waals surface area contributed by atoms with Crippen molar-refractivity contribution in [2.24, 2.45) is 5.73 Å². The number of carboxylic acid groups (broad SMARTS) is 1. The zero-order valence-corrected chi connectivity index (χ0v) is 8.27. The number of carboxylic acids is 1. The smallest absolute Gasteiger partial charge is 0.356 e. The molecule has 2 rings (SSSR count). The Morgan fingerprint density at radius 2 is 2.40 bits per heavy atom. The average molecular weight is 205 g/mol. The highest BCUT2D eigenvalue weighted by Gasteiger charge is 2.15. The molecule has 0 bridgehead atoms. The third kappa shape index (κ3) is 1.46. The molecule has 2 heterocycles. The highest BCUT2D eigenvalue weighted by Crippen LogP contribution is 2.14. The molecule has 0 radical (unpaired) electrons. The van der Waals surface area contributed by atoms with Crippen LogP contribution in [0.3, 0.4) is 0 Å². The number of carbonyl (C=O) groups is 1. The number of rotatable bonds is 2. The molecular formula is C10H11N3O2. The minimum atomic E-state index is -1.03. The van der Waals surface area contributed by atoms with E-state index in [4.69, 9.17) is 10.8 Å². The standard InChI is InChI=1S/C10H11N3O2/c1-6-2-3-13-7(4-6)9(10(14)15)12-8(13)5-11/h2-4H,5,11H2,1H3,(H,14,15). The minimum absolute atomic E-state index is 0.0548. The van der Waals surface area contributed by atoms with E-state index in [0.717, 1.165) is 5.56 Å². The number of aromatic carboxylic acids is 1. The molecule has 0 unspecified atom stereocenters. The summed E-state index contributed by atoms with van der Waals surface area (Å²) in [6, 6.07) is 3.68. The van der Waals surface area contributed by atoms with Crippen LogP contribution in [0.4, 0.5) is 0 Å². The molecule has 0 saturated carbocycles. The van der Waals surface area contributed by atoms with Crippen LogP contribution in [0, 0.1) is 6.92 Å². The van der Waals surface area contributed by atoms with Gasteiger partial charge in [-0.25, -0.2) is 9.78 Å². The molecule has 2 aromatic rings. The van der Waals surface area contributed by atoms with E-state index in [1.54, 1.807) is 16.7 Å². The van der Waals surface area contributed by atoms with Gasteiger partial charge in [-0.1, -0.05) is 0 Å². The predicted molar refractivity (Wildman–Crippen MR) is 54.8 cm³/mol. The largest absolute Gasteiger partial charge is 0.476 e. The van der Waals surface area contributed by atoms with Crippen LogP contribution in [0.25, 0.3) is 5.52 Å². The van der Waals surface area contributed by atoms with Gasteiger partial charge in [-0.05, 0) is 24.6 Å². The van der Waals surface area contributed by atoms with Crippen LogP contribution >= 0.6 is 0 Å². The van der Waals surface area contributed by atoms with E-state index in [0.29, 0.717) is 11.3 Å². The molecule has 15 heavy (non-hydrogen) atoms. The summed E-state index contributed by atoms with van der Waals surface area (Å²) in [4.78, 5) is 14.9. The normalized spacial score (nSPS) is 10.8. The fraction of sp³-hybridized carbons (Fsp3) is 0.200. The van der Waals surface area contributed by atoms with E-state index in [2.05, 4.69) is 4.98 Å². The number of fused-ring (bicyclic) bond motifs is 1. The highest BCUT2D eigenvalue weighted by atomic mass is 16.4. The summed E-state index contributed by atoms with van der Waals surface area (Å²) in [5.41, 5.74) is 7.13. The van der Waals surface area contributed by atoms with Crippen molar-refractivity contribution in [3.8, 4) is 0 Å². The molecule has 78 valence electrons. The van der Waals surface area contributed by atoms with Gasteiger partial charge in [0.1, 0.15) is 5.82 Å². The van der Waals surface area contributed by atoms with Crippen molar-refractivity contribution in [1.82, 2.24) is 9.38 Å². The van der Waals surface area contributed by atoms with Gasteiger partial charge in [0.2, 0.25) is 0 Å². The maximum absolute atomic E-state index is 10.9. The van der Waals surface area contributed by atoms with Gasteiger partial charge in [-0.15, -0.1) is 0 Å². The third-order valence-corrected chi connectivity index (χ3v) is 2.26. The molecule has 5 nitrogen and oxygen atoms in total. The Bertz CT molecular complexity index is 531. The fourth-order valence-corrected chi connectivity index (χ4v) is 1.55. The summed E-state index contributed by atoms with van der Waals surface area (Å²) in [5.74, 6) is -0.472. The first kappa shape index (κ1) is 9.67. The van der Waals surface area contributed by atoms with Gasteiger partial charge >= 0.3 is 5.97 Å². The predicted octanol–water partition coefficient (Wildman–Crippen LogP) is 0.800. The van der Waals surface area contributed by atoms with Crippen molar-refractivity contribution < 1.29 is 9.90 Å². The van der Waals surface area contributed by atoms with Crippen molar-refractivity contribution in [1.29, 1.82) is 0 Å². The number of imidazole rings is 1. The molecule has 0 aromatic carbocycles. The molecule has 0 saturated heterocycles. The Kier molecular flexibility index (Phi) is 2.17. The summed E-state index contributed by atoms with van der Waals surface area (Å²) in [7, 11) is 0. The number of nitrogens with two attached hydrogens (primary N) is 1. The second-order valence-electron chi connectivity index (χ2n) is 3.35. The number of pyridine rings is 1. The van der Waals surface area contributed by atoms with Gasteiger partial charge in [0.15, 0.2) is 5.69 Å². The Labute approximate surface area is 86.2 Å². The average Bonchev–Trinajstić information content (AvgIpc) is 2.55. The first-order chi connectivity index (χ1) is 7.13. The van der Waals surface area contributed by atoms with Crippen molar-refractivity contribution in [2.45, 2.75) is 13.5 Å². The minimum Gasteiger partial charge on any atom is -0.476 e. The van der Waals surface area contributed by atoms with Crippen LogP contribution in [-0.4, -0.2) is 20.5 Å². The molecule has 2 aromatic heterocycles. The summed E-state index contributed by atoms with van der Waals surface area (Å²) in [6.45, 7) is 2.12. The molecule has 0 amide bonds. The topological polar surface area (TPSA) is 80.6 Å². The van der Waals surface area contributed by atoms with Crippen LogP contribution < -0.4 is 5.73 Å². The van der Waals surface area contributed by atoms with Crippen molar-refractivity contribution in [2.75, 3.05) is 0 Å². The van der Waals surface area contributed by atoms with Crippen LogP contribution in [0.5, 0.6) is 0 Å². The molecule has 3 N–H and O–H groups in total. The molecule has 0 spiro atoms. The number of hydrogen-bond acceptors (Lipinski definition) is 3. The van der Waals surface area contributed by atoms with Crippen molar-refractivity contribution in [3.05, 3.63) is 35.4 Å². The zero-order chi connectivity index (χ0) is 11.0. The molecular weight excluding hydrogens is 194 g/mol. The first-order valence-corrected chi connectivity index (χ1v) is 4.54.